The van der Waals surface area contributed by atoms with E-state index in [1.807, 2.05) is 13.0 Å². The minimum atomic E-state index is -1.02. The molecule has 2 amide bonds. The van der Waals surface area contributed by atoms with Gasteiger partial charge in [0.05, 0.1) is 5.69 Å². The SMILES string of the molecule is CCCc1nc(NC(=O)Nc2ccccc2)sc1C(=O)O. The Morgan fingerprint density at radius 1 is 1.24 bits per heavy atom. The highest BCUT2D eigenvalue weighted by Gasteiger charge is 2.17. The number of aromatic carboxylic acids is 1. The van der Waals surface area contributed by atoms with Crippen LogP contribution in [0.4, 0.5) is 15.6 Å². The Kier molecular flexibility index (Phi) is 4.89. The summed E-state index contributed by atoms with van der Waals surface area (Å²) >= 11 is 0.964. The monoisotopic (exact) mass is 305 g/mol. The van der Waals surface area contributed by atoms with Crippen molar-refractivity contribution < 1.29 is 14.7 Å². The van der Waals surface area contributed by atoms with Crippen molar-refractivity contribution in [3.63, 3.8) is 0 Å². The zero-order valence-electron chi connectivity index (χ0n) is 11.4. The third-order valence-electron chi connectivity index (χ3n) is 2.63. The summed E-state index contributed by atoms with van der Waals surface area (Å²) in [5, 5.41) is 14.6. The topological polar surface area (TPSA) is 91.3 Å². The van der Waals surface area contributed by atoms with Crippen molar-refractivity contribution in [2.75, 3.05) is 10.6 Å². The minimum absolute atomic E-state index is 0.173. The molecule has 0 aliphatic carbocycles. The van der Waals surface area contributed by atoms with E-state index in [2.05, 4.69) is 15.6 Å². The molecule has 2 rings (SSSR count). The number of carboxylic acid groups (broad SMARTS) is 1. The van der Waals surface area contributed by atoms with Crippen LogP contribution in [0.1, 0.15) is 28.7 Å². The molecule has 0 atom stereocenters. The van der Waals surface area contributed by atoms with Crippen LogP contribution in [0.2, 0.25) is 0 Å². The molecule has 0 aliphatic rings. The summed E-state index contributed by atoms with van der Waals surface area (Å²) < 4.78 is 0. The zero-order valence-corrected chi connectivity index (χ0v) is 12.2. The van der Waals surface area contributed by atoms with E-state index in [-0.39, 0.29) is 10.0 Å². The number of aromatic nitrogens is 1. The summed E-state index contributed by atoms with van der Waals surface area (Å²) in [4.78, 5) is 27.3. The van der Waals surface area contributed by atoms with Crippen LogP contribution in [0.15, 0.2) is 30.3 Å². The summed E-state index contributed by atoms with van der Waals surface area (Å²) in [5.41, 5.74) is 1.16. The van der Waals surface area contributed by atoms with E-state index >= 15 is 0 Å². The van der Waals surface area contributed by atoms with Gasteiger partial charge >= 0.3 is 12.0 Å². The molecular weight excluding hydrogens is 290 g/mol. The van der Waals surface area contributed by atoms with E-state index in [0.29, 0.717) is 17.8 Å². The molecule has 1 heterocycles. The van der Waals surface area contributed by atoms with Gasteiger partial charge in [0.15, 0.2) is 5.13 Å². The molecule has 1 aromatic carbocycles. The number of amides is 2. The van der Waals surface area contributed by atoms with Crippen molar-refractivity contribution in [1.29, 1.82) is 0 Å². The Balaban J connectivity index is 2.07. The highest BCUT2D eigenvalue weighted by Crippen LogP contribution is 2.24. The first-order valence-electron chi connectivity index (χ1n) is 6.46. The highest BCUT2D eigenvalue weighted by atomic mass is 32.1. The number of urea groups is 1. The first-order chi connectivity index (χ1) is 10.1. The van der Waals surface area contributed by atoms with Crippen LogP contribution in [-0.2, 0) is 6.42 Å². The van der Waals surface area contributed by atoms with Gasteiger partial charge in [0.2, 0.25) is 0 Å². The second kappa shape index (κ2) is 6.85. The van der Waals surface area contributed by atoms with Gasteiger partial charge in [0.25, 0.3) is 0 Å². The van der Waals surface area contributed by atoms with E-state index in [4.69, 9.17) is 5.11 Å². The Labute approximate surface area is 125 Å². The Morgan fingerprint density at radius 2 is 1.95 bits per heavy atom. The number of hydrogen-bond donors (Lipinski definition) is 3. The predicted molar refractivity (Wildman–Crippen MR) is 82.2 cm³/mol. The third-order valence-corrected chi connectivity index (χ3v) is 3.63. The first kappa shape index (κ1) is 15.0. The number of hydrogen-bond acceptors (Lipinski definition) is 4. The number of carbonyl (C=O) groups is 2. The average molecular weight is 305 g/mol. The van der Waals surface area contributed by atoms with Crippen molar-refractivity contribution in [2.24, 2.45) is 0 Å². The fraction of sp³-hybridized carbons (Fsp3) is 0.214. The number of benzene rings is 1. The van der Waals surface area contributed by atoms with Crippen molar-refractivity contribution in [1.82, 2.24) is 4.98 Å². The molecule has 110 valence electrons. The van der Waals surface area contributed by atoms with Crippen LogP contribution >= 0.6 is 11.3 Å². The van der Waals surface area contributed by atoms with Gasteiger partial charge in [0, 0.05) is 5.69 Å². The van der Waals surface area contributed by atoms with Gasteiger partial charge in [-0.3, -0.25) is 5.32 Å². The van der Waals surface area contributed by atoms with E-state index < -0.39 is 12.0 Å². The predicted octanol–water partition coefficient (Wildman–Crippen LogP) is 3.44. The summed E-state index contributed by atoms with van der Waals surface area (Å²) in [5.74, 6) is -1.02. The fourth-order valence-electron chi connectivity index (χ4n) is 1.76. The van der Waals surface area contributed by atoms with E-state index in [0.717, 1.165) is 17.8 Å². The Hall–Kier alpha value is -2.41. The van der Waals surface area contributed by atoms with Crippen LogP contribution in [-0.4, -0.2) is 22.1 Å². The number of aryl methyl sites for hydroxylation is 1. The van der Waals surface area contributed by atoms with Crippen molar-refractivity contribution in [3.05, 3.63) is 40.9 Å². The summed E-state index contributed by atoms with van der Waals surface area (Å²) in [6.45, 7) is 1.94. The van der Waals surface area contributed by atoms with Gasteiger partial charge in [-0.05, 0) is 18.6 Å². The molecule has 1 aromatic heterocycles. The number of anilines is 2. The van der Waals surface area contributed by atoms with E-state index in [9.17, 15) is 9.59 Å². The molecule has 0 bridgehead atoms. The molecule has 0 saturated carbocycles. The van der Waals surface area contributed by atoms with Crippen LogP contribution in [0.5, 0.6) is 0 Å². The fourth-order valence-corrected chi connectivity index (χ4v) is 2.61. The minimum Gasteiger partial charge on any atom is -0.477 e. The van der Waals surface area contributed by atoms with Crippen LogP contribution in [0, 0.1) is 0 Å². The lowest BCUT2D eigenvalue weighted by molar-refractivity contribution is 0.0700. The van der Waals surface area contributed by atoms with Crippen molar-refractivity contribution in [2.45, 2.75) is 19.8 Å². The molecular formula is C14H15N3O3S. The lowest BCUT2D eigenvalue weighted by Gasteiger charge is -2.04. The van der Waals surface area contributed by atoms with Gasteiger partial charge in [-0.2, -0.15) is 0 Å². The lowest BCUT2D eigenvalue weighted by Crippen LogP contribution is -2.19. The molecule has 0 saturated heterocycles. The van der Waals surface area contributed by atoms with Crippen LogP contribution in [0.3, 0.4) is 0 Å². The van der Waals surface area contributed by atoms with Gasteiger partial charge in [-0.25, -0.2) is 14.6 Å². The number of rotatable bonds is 5. The highest BCUT2D eigenvalue weighted by molar-refractivity contribution is 7.17. The third kappa shape index (κ3) is 4.03. The summed E-state index contributed by atoms with van der Waals surface area (Å²) in [6, 6.07) is 8.52. The normalized spacial score (nSPS) is 10.1. The smallest absolute Gasteiger partial charge is 0.347 e. The van der Waals surface area contributed by atoms with E-state index in [1.165, 1.54) is 0 Å². The summed E-state index contributed by atoms with van der Waals surface area (Å²) in [6.07, 6.45) is 1.36. The second-order valence-corrected chi connectivity index (χ2v) is 5.29. The van der Waals surface area contributed by atoms with Crippen LogP contribution in [0.25, 0.3) is 0 Å². The van der Waals surface area contributed by atoms with Gasteiger partial charge in [-0.15, -0.1) is 0 Å². The van der Waals surface area contributed by atoms with Crippen molar-refractivity contribution in [3.8, 4) is 0 Å². The number of para-hydroxylation sites is 1. The Morgan fingerprint density at radius 3 is 2.57 bits per heavy atom. The van der Waals surface area contributed by atoms with Gasteiger partial charge in [-0.1, -0.05) is 42.9 Å². The van der Waals surface area contributed by atoms with Gasteiger partial charge < -0.3 is 10.4 Å². The van der Waals surface area contributed by atoms with Crippen LogP contribution < -0.4 is 10.6 Å². The maximum atomic E-state index is 11.8. The molecule has 0 aliphatic heterocycles. The number of thiazole rings is 1. The molecule has 0 unspecified atom stereocenters. The van der Waals surface area contributed by atoms with Crippen molar-refractivity contribution >= 4 is 34.2 Å². The molecule has 2 aromatic rings. The second-order valence-electron chi connectivity index (χ2n) is 4.30. The molecule has 6 nitrogen and oxygen atoms in total. The molecule has 3 N–H and O–H groups in total. The molecule has 7 heteroatoms. The number of carboxylic acids is 1. The maximum Gasteiger partial charge on any atom is 0.347 e. The standard InChI is InChI=1S/C14H15N3O3S/c1-2-6-10-11(12(18)19)21-14(16-10)17-13(20)15-9-7-4-3-5-8-9/h3-5,7-8H,2,6H2,1H3,(H,18,19)(H2,15,16,17,20). The molecule has 0 fully saturated rings. The lowest BCUT2D eigenvalue weighted by atomic mass is 10.2. The quantitative estimate of drug-likeness (QED) is 0.789. The largest absolute Gasteiger partial charge is 0.477 e. The molecule has 21 heavy (non-hydrogen) atoms. The van der Waals surface area contributed by atoms with E-state index in [1.54, 1.807) is 24.3 Å². The van der Waals surface area contributed by atoms with Gasteiger partial charge in [0.1, 0.15) is 4.88 Å². The Bertz CT molecular complexity index is 640. The molecule has 0 spiro atoms. The molecule has 0 radical (unpaired) electrons. The number of carbonyl (C=O) groups excluding carboxylic acids is 1. The number of nitrogens with zero attached hydrogens (tertiary/aromatic N) is 1. The number of nitrogens with one attached hydrogen (secondary N) is 2. The maximum absolute atomic E-state index is 11.8. The summed E-state index contributed by atoms with van der Waals surface area (Å²) in [7, 11) is 0. The zero-order chi connectivity index (χ0) is 15.2. The first-order valence-corrected chi connectivity index (χ1v) is 7.28. The average Bonchev–Trinajstić information content (AvgIpc) is 2.83.